The van der Waals surface area contributed by atoms with Crippen molar-refractivity contribution in [2.75, 3.05) is 0 Å². The quantitative estimate of drug-likeness (QED) is 0.901. The largest absolute Gasteiger partial charge is 0.372 e. The Morgan fingerprint density at radius 1 is 1.00 bits per heavy atom. The summed E-state index contributed by atoms with van der Waals surface area (Å²) >= 11 is 0. The molecule has 20 heavy (non-hydrogen) atoms. The molecule has 2 heteroatoms. The van der Waals surface area contributed by atoms with Crippen LogP contribution in [0.15, 0.2) is 59.6 Å². The zero-order valence-corrected chi connectivity index (χ0v) is 11.7. The van der Waals surface area contributed by atoms with Crippen molar-refractivity contribution in [1.82, 2.24) is 0 Å². The van der Waals surface area contributed by atoms with Crippen LogP contribution in [0.4, 0.5) is 0 Å². The van der Waals surface area contributed by atoms with Gasteiger partial charge in [-0.3, -0.25) is 4.99 Å². The van der Waals surface area contributed by atoms with Gasteiger partial charge in [0.1, 0.15) is 6.23 Å². The standard InChI is InChI=1S/C18H19NO/c1-13-11-17(19-18(13)20)12-14-7-9-16(10-8-14)15-5-3-2-4-6-15/h2-10,13,18,20H,11-12H2,1H3/t13-,18?/m1/s1. The molecule has 0 fully saturated rings. The number of hydrogen-bond donors (Lipinski definition) is 1. The van der Waals surface area contributed by atoms with Gasteiger partial charge in [-0.1, -0.05) is 61.5 Å². The number of hydrogen-bond acceptors (Lipinski definition) is 2. The van der Waals surface area contributed by atoms with E-state index in [1.54, 1.807) is 0 Å². The predicted octanol–water partition coefficient (Wildman–Crippen LogP) is 3.70. The number of aliphatic hydroxyl groups excluding tert-OH is 1. The van der Waals surface area contributed by atoms with E-state index in [9.17, 15) is 5.11 Å². The maximum absolute atomic E-state index is 9.65. The summed E-state index contributed by atoms with van der Waals surface area (Å²) in [5, 5.41) is 9.65. The normalized spacial score (nSPS) is 21.8. The number of aliphatic imine (C=N–C) groups is 1. The van der Waals surface area contributed by atoms with Crippen LogP contribution in [-0.2, 0) is 6.42 Å². The summed E-state index contributed by atoms with van der Waals surface area (Å²) in [6, 6.07) is 19.0. The minimum Gasteiger partial charge on any atom is -0.372 e. The van der Waals surface area contributed by atoms with Gasteiger partial charge in [0.15, 0.2) is 0 Å². The van der Waals surface area contributed by atoms with Crippen LogP contribution < -0.4 is 0 Å². The number of aliphatic hydroxyl groups is 1. The summed E-state index contributed by atoms with van der Waals surface area (Å²) in [5.41, 5.74) is 4.83. The Hall–Kier alpha value is -1.93. The Kier molecular flexibility index (Phi) is 3.66. The van der Waals surface area contributed by atoms with Crippen molar-refractivity contribution in [3.8, 4) is 11.1 Å². The molecule has 3 rings (SSSR count). The third kappa shape index (κ3) is 2.81. The van der Waals surface area contributed by atoms with Gasteiger partial charge in [0.25, 0.3) is 0 Å². The summed E-state index contributed by atoms with van der Waals surface area (Å²) in [5.74, 6) is 0.258. The maximum Gasteiger partial charge on any atom is 0.147 e. The summed E-state index contributed by atoms with van der Waals surface area (Å²) in [6.45, 7) is 2.04. The lowest BCUT2D eigenvalue weighted by molar-refractivity contribution is 0.141. The van der Waals surface area contributed by atoms with Crippen molar-refractivity contribution < 1.29 is 5.11 Å². The molecule has 0 amide bonds. The van der Waals surface area contributed by atoms with Crippen LogP contribution in [-0.4, -0.2) is 17.0 Å². The van der Waals surface area contributed by atoms with E-state index in [0.717, 1.165) is 18.6 Å². The Balaban J connectivity index is 1.73. The van der Waals surface area contributed by atoms with Crippen LogP contribution in [0.2, 0.25) is 0 Å². The molecule has 0 aliphatic carbocycles. The first kappa shape index (κ1) is 13.1. The Morgan fingerprint density at radius 3 is 2.25 bits per heavy atom. The van der Waals surface area contributed by atoms with Gasteiger partial charge in [-0.2, -0.15) is 0 Å². The average Bonchev–Trinajstić information content (AvgIpc) is 2.79. The van der Waals surface area contributed by atoms with E-state index < -0.39 is 6.23 Å². The van der Waals surface area contributed by atoms with Crippen LogP contribution in [0, 0.1) is 5.92 Å². The summed E-state index contributed by atoms with van der Waals surface area (Å²) in [4.78, 5) is 4.32. The molecule has 2 nitrogen and oxygen atoms in total. The van der Waals surface area contributed by atoms with Crippen molar-refractivity contribution in [2.45, 2.75) is 26.0 Å². The van der Waals surface area contributed by atoms with Crippen LogP contribution in [0.25, 0.3) is 11.1 Å². The second-order valence-electron chi connectivity index (χ2n) is 5.53. The average molecular weight is 265 g/mol. The highest BCUT2D eigenvalue weighted by molar-refractivity contribution is 5.88. The van der Waals surface area contributed by atoms with E-state index in [1.807, 2.05) is 13.0 Å². The molecular weight excluding hydrogens is 246 g/mol. The van der Waals surface area contributed by atoms with Crippen LogP contribution in [0.1, 0.15) is 18.9 Å². The summed E-state index contributed by atoms with van der Waals surface area (Å²) in [7, 11) is 0. The van der Waals surface area contributed by atoms with Crippen molar-refractivity contribution >= 4 is 5.71 Å². The number of nitrogens with zero attached hydrogens (tertiary/aromatic N) is 1. The molecule has 1 aliphatic heterocycles. The highest BCUT2D eigenvalue weighted by Crippen LogP contribution is 2.23. The SMILES string of the molecule is C[C@@H]1CC(Cc2ccc(-c3ccccc3)cc2)=NC1O. The first-order valence-electron chi connectivity index (χ1n) is 7.10. The monoisotopic (exact) mass is 265 g/mol. The molecule has 2 atom stereocenters. The molecule has 0 bridgehead atoms. The fourth-order valence-corrected chi connectivity index (χ4v) is 2.64. The van der Waals surface area contributed by atoms with Gasteiger partial charge < -0.3 is 5.11 Å². The lowest BCUT2D eigenvalue weighted by atomic mass is 9.99. The van der Waals surface area contributed by atoms with Crippen molar-refractivity contribution in [1.29, 1.82) is 0 Å². The maximum atomic E-state index is 9.65. The molecule has 1 N–H and O–H groups in total. The number of benzene rings is 2. The topological polar surface area (TPSA) is 32.6 Å². The van der Waals surface area contributed by atoms with Crippen LogP contribution in [0.5, 0.6) is 0 Å². The van der Waals surface area contributed by atoms with Gasteiger partial charge >= 0.3 is 0 Å². The smallest absolute Gasteiger partial charge is 0.147 e. The predicted molar refractivity (Wildman–Crippen MR) is 82.8 cm³/mol. The zero-order valence-electron chi connectivity index (χ0n) is 11.7. The first-order valence-corrected chi connectivity index (χ1v) is 7.10. The molecule has 1 aliphatic rings. The summed E-state index contributed by atoms with van der Waals surface area (Å²) in [6.07, 6.45) is 1.24. The van der Waals surface area contributed by atoms with Gasteiger partial charge in [0.05, 0.1) is 0 Å². The second kappa shape index (κ2) is 5.59. The van der Waals surface area contributed by atoms with E-state index in [0.29, 0.717) is 0 Å². The fourth-order valence-electron chi connectivity index (χ4n) is 2.64. The van der Waals surface area contributed by atoms with Crippen LogP contribution >= 0.6 is 0 Å². The Labute approximate surface area is 119 Å². The molecule has 2 aromatic carbocycles. The van der Waals surface area contributed by atoms with E-state index >= 15 is 0 Å². The molecule has 0 saturated carbocycles. The van der Waals surface area contributed by atoms with Crippen molar-refractivity contribution in [3.63, 3.8) is 0 Å². The molecule has 1 heterocycles. The van der Waals surface area contributed by atoms with Gasteiger partial charge in [-0.15, -0.1) is 0 Å². The van der Waals surface area contributed by atoms with E-state index in [2.05, 4.69) is 53.5 Å². The van der Waals surface area contributed by atoms with Crippen molar-refractivity contribution in [3.05, 3.63) is 60.2 Å². The van der Waals surface area contributed by atoms with E-state index in [-0.39, 0.29) is 5.92 Å². The Morgan fingerprint density at radius 2 is 1.65 bits per heavy atom. The van der Waals surface area contributed by atoms with E-state index in [4.69, 9.17) is 0 Å². The number of rotatable bonds is 3. The second-order valence-corrected chi connectivity index (χ2v) is 5.53. The first-order chi connectivity index (χ1) is 9.72. The molecule has 2 aromatic rings. The van der Waals surface area contributed by atoms with Gasteiger partial charge in [-0.05, 0) is 23.1 Å². The molecule has 102 valence electrons. The van der Waals surface area contributed by atoms with Crippen molar-refractivity contribution in [2.24, 2.45) is 10.9 Å². The fraction of sp³-hybridized carbons (Fsp3) is 0.278. The van der Waals surface area contributed by atoms with Gasteiger partial charge in [0.2, 0.25) is 0 Å². The lowest BCUT2D eigenvalue weighted by Crippen LogP contribution is -2.08. The van der Waals surface area contributed by atoms with E-state index in [1.165, 1.54) is 16.7 Å². The molecule has 0 aromatic heterocycles. The lowest BCUT2D eigenvalue weighted by Gasteiger charge is -2.05. The molecule has 0 spiro atoms. The van der Waals surface area contributed by atoms with Gasteiger partial charge in [-0.25, -0.2) is 0 Å². The van der Waals surface area contributed by atoms with Crippen LogP contribution in [0.3, 0.4) is 0 Å². The highest BCUT2D eigenvalue weighted by Gasteiger charge is 2.22. The minimum absolute atomic E-state index is 0.258. The minimum atomic E-state index is -0.506. The molecular formula is C18H19NO. The van der Waals surface area contributed by atoms with Gasteiger partial charge in [0, 0.05) is 18.1 Å². The highest BCUT2D eigenvalue weighted by atomic mass is 16.3. The zero-order chi connectivity index (χ0) is 13.9. The summed E-state index contributed by atoms with van der Waals surface area (Å²) < 4.78 is 0. The Bertz CT molecular complexity index is 601. The third-order valence-electron chi connectivity index (χ3n) is 3.85. The molecule has 0 radical (unpaired) electrons. The molecule has 1 unspecified atom stereocenters. The molecule has 0 saturated heterocycles. The third-order valence-corrected chi connectivity index (χ3v) is 3.85.